The first kappa shape index (κ1) is 12.2. The Balaban J connectivity index is 2.78. The molecule has 0 saturated carbocycles. The van der Waals surface area contributed by atoms with E-state index in [9.17, 15) is 0 Å². The average Bonchev–Trinajstić information content (AvgIpc) is 2.60. The van der Waals surface area contributed by atoms with Crippen molar-refractivity contribution in [3.63, 3.8) is 0 Å². The molecule has 6 heteroatoms. The van der Waals surface area contributed by atoms with Gasteiger partial charge in [-0.2, -0.15) is 5.10 Å². The van der Waals surface area contributed by atoms with Crippen LogP contribution < -0.4 is 5.43 Å². The predicted octanol–water partition coefficient (Wildman–Crippen LogP) is 1.67. The van der Waals surface area contributed by atoms with Crippen molar-refractivity contribution < 1.29 is 0 Å². The van der Waals surface area contributed by atoms with Gasteiger partial charge in [0.05, 0.1) is 6.21 Å². The smallest absolute Gasteiger partial charge is 0.150 e. The highest BCUT2D eigenvalue weighted by Crippen LogP contribution is 2.05. The van der Waals surface area contributed by atoms with Gasteiger partial charge in [-0.1, -0.05) is 26.1 Å². The molecular weight excluding hydrogens is 228 g/mol. The van der Waals surface area contributed by atoms with E-state index < -0.39 is 0 Å². The number of rotatable bonds is 4. The van der Waals surface area contributed by atoms with Gasteiger partial charge in [0.25, 0.3) is 0 Å². The number of thiol groups is 1. The van der Waals surface area contributed by atoms with Gasteiger partial charge in [0.2, 0.25) is 0 Å². The highest BCUT2D eigenvalue weighted by Gasteiger charge is 2.04. The Labute approximate surface area is 100.0 Å². The van der Waals surface area contributed by atoms with Crippen molar-refractivity contribution in [2.45, 2.75) is 26.7 Å². The number of nitrogens with one attached hydrogen (secondary N) is 2. The molecule has 0 atom stereocenters. The molecule has 0 amide bonds. The van der Waals surface area contributed by atoms with Crippen molar-refractivity contribution in [3.8, 4) is 0 Å². The van der Waals surface area contributed by atoms with Crippen LogP contribution in [0.4, 0.5) is 0 Å². The molecule has 0 aliphatic rings. The molecule has 82 valence electrons. The first-order valence-corrected chi connectivity index (χ1v) is 5.62. The fourth-order valence-corrected chi connectivity index (χ4v) is 1.28. The molecule has 0 fully saturated rings. The molecule has 0 aromatic carbocycles. The third kappa shape index (κ3) is 3.64. The summed E-state index contributed by atoms with van der Waals surface area (Å²) in [6.07, 6.45) is 3.44. The minimum Gasteiger partial charge on any atom is -0.345 e. The minimum absolute atomic E-state index is 0.343. The van der Waals surface area contributed by atoms with E-state index in [-0.39, 0.29) is 0 Å². The molecule has 15 heavy (non-hydrogen) atoms. The monoisotopic (exact) mass is 242 g/mol. The molecule has 0 radical (unpaired) electrons. The van der Waals surface area contributed by atoms with E-state index in [1.807, 2.05) is 0 Å². The number of thiocarbonyl (C=S) groups is 1. The quantitative estimate of drug-likeness (QED) is 0.326. The third-order valence-electron chi connectivity index (χ3n) is 1.90. The maximum absolute atomic E-state index is 4.71. The molecule has 1 rings (SSSR count). The summed E-state index contributed by atoms with van der Waals surface area (Å²) in [7, 11) is 0. The van der Waals surface area contributed by atoms with Crippen LogP contribution in [-0.4, -0.2) is 20.5 Å². The number of imidazole rings is 1. The summed E-state index contributed by atoms with van der Waals surface area (Å²) in [6.45, 7) is 4.13. The highest BCUT2D eigenvalue weighted by molar-refractivity contribution is 8.11. The summed E-state index contributed by atoms with van der Waals surface area (Å²) in [5.41, 5.74) is 4.52. The first-order valence-electron chi connectivity index (χ1n) is 4.77. The molecule has 0 aliphatic carbocycles. The summed E-state index contributed by atoms with van der Waals surface area (Å²) < 4.78 is 0.343. The molecule has 0 unspecified atom stereocenters. The van der Waals surface area contributed by atoms with Gasteiger partial charge in [-0.3, -0.25) is 5.43 Å². The molecule has 0 saturated heterocycles. The number of hydrazone groups is 1. The molecule has 4 nitrogen and oxygen atoms in total. The third-order valence-corrected chi connectivity index (χ3v) is 2.09. The summed E-state index contributed by atoms with van der Waals surface area (Å²) in [5.74, 6) is 0.974. The Morgan fingerprint density at radius 3 is 2.87 bits per heavy atom. The lowest BCUT2D eigenvalue weighted by molar-refractivity contribution is 0.963. The van der Waals surface area contributed by atoms with Crippen LogP contribution in [0.5, 0.6) is 0 Å². The SMILES string of the molecule is CCc1nc(/C=N/NC(=S)S)c(CC)[nH]1. The van der Waals surface area contributed by atoms with Crippen molar-refractivity contribution in [2.24, 2.45) is 5.10 Å². The fourth-order valence-electron chi connectivity index (χ4n) is 1.17. The summed E-state index contributed by atoms with van der Waals surface area (Å²) in [4.78, 5) is 7.62. The second-order valence-corrected chi connectivity index (χ2v) is 4.09. The highest BCUT2D eigenvalue weighted by atomic mass is 32.1. The molecule has 0 aliphatic heterocycles. The van der Waals surface area contributed by atoms with Crippen LogP contribution >= 0.6 is 24.8 Å². The van der Waals surface area contributed by atoms with Crippen molar-refractivity contribution in [1.82, 2.24) is 15.4 Å². The van der Waals surface area contributed by atoms with Crippen LogP contribution in [0, 0.1) is 0 Å². The molecular formula is C9H14N4S2. The van der Waals surface area contributed by atoms with E-state index in [0.29, 0.717) is 4.32 Å². The zero-order valence-electron chi connectivity index (χ0n) is 8.74. The van der Waals surface area contributed by atoms with E-state index >= 15 is 0 Å². The van der Waals surface area contributed by atoms with Crippen molar-refractivity contribution in [1.29, 1.82) is 0 Å². The van der Waals surface area contributed by atoms with Crippen molar-refractivity contribution >= 4 is 35.4 Å². The molecule has 0 bridgehead atoms. The first-order chi connectivity index (χ1) is 7.17. The van der Waals surface area contributed by atoms with Gasteiger partial charge in [-0.05, 0) is 6.42 Å². The number of aromatic nitrogens is 2. The molecule has 1 aromatic rings. The topological polar surface area (TPSA) is 53.1 Å². The normalized spacial score (nSPS) is 10.9. The number of hydrogen-bond donors (Lipinski definition) is 3. The van der Waals surface area contributed by atoms with Gasteiger partial charge < -0.3 is 4.98 Å². The Morgan fingerprint density at radius 1 is 1.60 bits per heavy atom. The summed E-state index contributed by atoms with van der Waals surface area (Å²) in [6, 6.07) is 0. The number of aryl methyl sites for hydroxylation is 2. The van der Waals surface area contributed by atoms with E-state index in [1.54, 1.807) is 6.21 Å². The van der Waals surface area contributed by atoms with Gasteiger partial charge in [0.15, 0.2) is 4.32 Å². The largest absolute Gasteiger partial charge is 0.345 e. The van der Waals surface area contributed by atoms with Crippen LogP contribution in [0.2, 0.25) is 0 Å². The predicted molar refractivity (Wildman–Crippen MR) is 69.7 cm³/mol. The average molecular weight is 242 g/mol. The van der Waals surface area contributed by atoms with Crippen molar-refractivity contribution in [2.75, 3.05) is 0 Å². The second-order valence-electron chi connectivity index (χ2n) is 2.93. The minimum atomic E-state index is 0.343. The lowest BCUT2D eigenvalue weighted by Gasteiger charge is -1.93. The summed E-state index contributed by atoms with van der Waals surface area (Å²) >= 11 is 8.61. The van der Waals surface area contributed by atoms with Crippen LogP contribution in [0.15, 0.2) is 5.10 Å². The van der Waals surface area contributed by atoms with Crippen LogP contribution in [0.1, 0.15) is 31.1 Å². The zero-order valence-corrected chi connectivity index (χ0v) is 10.5. The van der Waals surface area contributed by atoms with E-state index in [2.05, 4.69) is 47.0 Å². The van der Waals surface area contributed by atoms with E-state index in [0.717, 1.165) is 30.1 Å². The lowest BCUT2D eigenvalue weighted by Crippen LogP contribution is -2.08. The van der Waals surface area contributed by atoms with Crippen molar-refractivity contribution in [3.05, 3.63) is 17.2 Å². The van der Waals surface area contributed by atoms with Gasteiger partial charge in [-0.25, -0.2) is 4.98 Å². The number of hydrogen-bond acceptors (Lipinski definition) is 3. The van der Waals surface area contributed by atoms with Gasteiger partial charge >= 0.3 is 0 Å². The van der Waals surface area contributed by atoms with E-state index in [4.69, 9.17) is 12.2 Å². The Hall–Kier alpha value is -0.880. The zero-order chi connectivity index (χ0) is 11.3. The Kier molecular flexibility index (Phi) is 4.77. The van der Waals surface area contributed by atoms with Gasteiger partial charge in [0.1, 0.15) is 11.5 Å². The number of nitrogens with zero attached hydrogens (tertiary/aromatic N) is 2. The number of H-pyrrole nitrogens is 1. The molecule has 1 heterocycles. The van der Waals surface area contributed by atoms with Gasteiger partial charge in [-0.15, -0.1) is 12.6 Å². The Morgan fingerprint density at radius 2 is 2.33 bits per heavy atom. The van der Waals surface area contributed by atoms with Gasteiger partial charge in [0, 0.05) is 12.1 Å². The molecule has 0 spiro atoms. The molecule has 2 N–H and O–H groups in total. The van der Waals surface area contributed by atoms with Crippen LogP contribution in [-0.2, 0) is 12.8 Å². The maximum atomic E-state index is 4.71. The fraction of sp³-hybridized carbons (Fsp3) is 0.444. The lowest BCUT2D eigenvalue weighted by atomic mass is 10.3. The van der Waals surface area contributed by atoms with E-state index in [1.165, 1.54) is 0 Å². The maximum Gasteiger partial charge on any atom is 0.150 e. The van der Waals surface area contributed by atoms with Crippen LogP contribution in [0.3, 0.4) is 0 Å². The van der Waals surface area contributed by atoms with Crippen LogP contribution in [0.25, 0.3) is 0 Å². The number of aromatic amines is 1. The molecule has 1 aromatic heterocycles. The second kappa shape index (κ2) is 5.87. The Bertz CT molecular complexity index is 370. The summed E-state index contributed by atoms with van der Waals surface area (Å²) in [5, 5.41) is 3.92. The standard InChI is InChI=1S/C9H14N4S2/c1-3-6-7(5-10-13-9(14)15)12-8(4-2)11-6/h5H,3-4H2,1-2H3,(H,11,12)(H2,13,14,15)/b10-5+.